The van der Waals surface area contributed by atoms with Gasteiger partial charge >= 0.3 is 0 Å². The van der Waals surface area contributed by atoms with Crippen molar-refractivity contribution in [2.75, 3.05) is 6.61 Å². The van der Waals surface area contributed by atoms with Gasteiger partial charge < -0.3 is 15.3 Å². The van der Waals surface area contributed by atoms with Crippen LogP contribution in [0.2, 0.25) is 0 Å². The first-order chi connectivity index (χ1) is 12.8. The quantitative estimate of drug-likeness (QED) is 0.337. The molecule has 1 aliphatic rings. The molecule has 0 heterocycles. The minimum absolute atomic E-state index is 0.0431. The summed E-state index contributed by atoms with van der Waals surface area (Å²) in [5, 5.41) is 29.2. The summed E-state index contributed by atoms with van der Waals surface area (Å²) in [5.74, 6) is -0.669. The van der Waals surface area contributed by atoms with Crippen LogP contribution in [0.5, 0.6) is 0 Å². The van der Waals surface area contributed by atoms with Crippen LogP contribution in [0, 0.1) is 11.8 Å². The number of hydrogen-bond acceptors (Lipinski definition) is 5. The van der Waals surface area contributed by atoms with E-state index in [1.807, 2.05) is 31.2 Å². The predicted octanol–water partition coefficient (Wildman–Crippen LogP) is 3.12. The normalized spacial score (nSPS) is 25.5. The lowest BCUT2D eigenvalue weighted by molar-refractivity contribution is -0.122. The first-order valence-corrected chi connectivity index (χ1v) is 10.2. The summed E-state index contributed by atoms with van der Waals surface area (Å²) in [6.45, 7) is 3.51. The Bertz CT molecular complexity index is 521. The van der Waals surface area contributed by atoms with E-state index in [-0.39, 0.29) is 29.8 Å². The lowest BCUT2D eigenvalue weighted by Crippen LogP contribution is -2.23. The van der Waals surface area contributed by atoms with Gasteiger partial charge in [0.1, 0.15) is 12.4 Å². The summed E-state index contributed by atoms with van der Waals surface area (Å²) in [7, 11) is 0. The first-order valence-electron chi connectivity index (χ1n) is 10.2. The molecule has 154 valence electrons. The van der Waals surface area contributed by atoms with Crippen LogP contribution in [-0.2, 0) is 9.59 Å². The Hall–Kier alpha value is -1.30. The van der Waals surface area contributed by atoms with Crippen molar-refractivity contribution in [3.8, 4) is 0 Å². The van der Waals surface area contributed by atoms with Gasteiger partial charge in [0.15, 0.2) is 5.78 Å². The minimum Gasteiger partial charge on any atom is -0.392 e. The maximum absolute atomic E-state index is 12.2. The number of aliphatic hydroxyl groups excluding tert-OH is 2. The van der Waals surface area contributed by atoms with E-state index in [1.165, 1.54) is 0 Å². The second-order valence-corrected chi connectivity index (χ2v) is 7.94. The van der Waals surface area contributed by atoms with Gasteiger partial charge in [0.25, 0.3) is 0 Å². The Labute approximate surface area is 163 Å². The van der Waals surface area contributed by atoms with Crippen molar-refractivity contribution in [1.82, 2.24) is 0 Å². The Morgan fingerprint density at radius 3 is 2.63 bits per heavy atom. The maximum Gasteiger partial charge on any atom is 0.158 e. The number of Topliss-reactive ketones (excluding diaryl/α,β-unsaturated/α-hetero) is 2. The second-order valence-electron chi connectivity index (χ2n) is 7.94. The molecule has 0 radical (unpaired) electrons. The number of carbonyl (C=O) groups is 2. The highest BCUT2D eigenvalue weighted by Gasteiger charge is 2.38. The number of rotatable bonds is 13. The van der Waals surface area contributed by atoms with Crippen LogP contribution in [-0.4, -0.2) is 45.2 Å². The molecule has 0 aromatic heterocycles. The Kier molecular flexibility index (Phi) is 10.7. The number of aliphatic hydroxyl groups is 3. The van der Waals surface area contributed by atoms with Gasteiger partial charge in [-0.15, -0.1) is 0 Å². The van der Waals surface area contributed by atoms with Gasteiger partial charge in [-0.2, -0.15) is 0 Å². The molecule has 0 saturated heterocycles. The van der Waals surface area contributed by atoms with Crippen molar-refractivity contribution in [3.05, 3.63) is 24.3 Å². The minimum atomic E-state index is -0.753. The van der Waals surface area contributed by atoms with Gasteiger partial charge in [-0.1, -0.05) is 44.1 Å². The van der Waals surface area contributed by atoms with E-state index < -0.39 is 18.3 Å². The Morgan fingerprint density at radius 1 is 1.22 bits per heavy atom. The van der Waals surface area contributed by atoms with Gasteiger partial charge in [0.05, 0.1) is 11.7 Å². The molecule has 0 aromatic carbocycles. The van der Waals surface area contributed by atoms with Crippen LogP contribution in [0.4, 0.5) is 0 Å². The summed E-state index contributed by atoms with van der Waals surface area (Å²) < 4.78 is 0. The third-order valence-electron chi connectivity index (χ3n) is 5.22. The van der Waals surface area contributed by atoms with Crippen molar-refractivity contribution in [1.29, 1.82) is 0 Å². The van der Waals surface area contributed by atoms with Crippen LogP contribution in [0.1, 0.15) is 71.6 Å². The molecular weight excluding hydrogens is 344 g/mol. The molecule has 5 heteroatoms. The zero-order chi connectivity index (χ0) is 20.3. The van der Waals surface area contributed by atoms with Crippen molar-refractivity contribution < 1.29 is 24.9 Å². The molecule has 0 aromatic rings. The fourth-order valence-corrected chi connectivity index (χ4v) is 3.46. The van der Waals surface area contributed by atoms with E-state index in [2.05, 4.69) is 6.92 Å². The Morgan fingerprint density at radius 2 is 1.96 bits per heavy atom. The topological polar surface area (TPSA) is 94.8 Å². The molecule has 0 spiro atoms. The lowest BCUT2D eigenvalue weighted by atomic mass is 9.90. The van der Waals surface area contributed by atoms with Crippen molar-refractivity contribution in [3.63, 3.8) is 0 Å². The fourth-order valence-electron chi connectivity index (χ4n) is 3.46. The highest BCUT2D eigenvalue weighted by atomic mass is 16.3. The van der Waals surface area contributed by atoms with Gasteiger partial charge in [-0.25, -0.2) is 0 Å². The summed E-state index contributed by atoms with van der Waals surface area (Å²) in [5.41, 5.74) is -0.753. The van der Waals surface area contributed by atoms with Crippen LogP contribution in [0.15, 0.2) is 24.3 Å². The van der Waals surface area contributed by atoms with Gasteiger partial charge in [-0.05, 0) is 39.0 Å². The van der Waals surface area contributed by atoms with Crippen LogP contribution in [0.3, 0.4) is 0 Å². The molecule has 3 N–H and O–H groups in total. The number of carbonyl (C=O) groups excluding carboxylic acids is 2. The largest absolute Gasteiger partial charge is 0.392 e. The molecule has 5 nitrogen and oxygen atoms in total. The standard InChI is InChI=1S/C22H36O5/c1-3-4-13-22(2,27)14-9-12-19-18(20(25)15-21(19)26)11-8-6-5-7-10-17(24)16-23/h8-9,11-12,18-19,21,23,26-27H,3-7,10,13-16H2,1-2H3/b11-8+,12-9+/t18-,19-,21?,22?/m1/s1. The van der Waals surface area contributed by atoms with E-state index in [0.717, 1.165) is 38.5 Å². The van der Waals surface area contributed by atoms with Crippen molar-refractivity contribution in [2.45, 2.75) is 83.3 Å². The number of ketones is 2. The van der Waals surface area contributed by atoms with Gasteiger partial charge in [-0.3, -0.25) is 9.59 Å². The molecule has 1 fully saturated rings. The zero-order valence-electron chi connectivity index (χ0n) is 16.8. The summed E-state index contributed by atoms with van der Waals surface area (Å²) in [6.07, 6.45) is 13.0. The second kappa shape index (κ2) is 12.2. The molecule has 4 atom stereocenters. The summed E-state index contributed by atoms with van der Waals surface area (Å²) >= 11 is 0. The molecule has 0 aliphatic heterocycles. The SMILES string of the molecule is CCCCC(C)(O)C/C=C/[C@H]1C(O)CC(=O)[C@@H]1/C=C/CCCCC(=O)CO. The van der Waals surface area contributed by atoms with Crippen molar-refractivity contribution in [2.24, 2.45) is 11.8 Å². The van der Waals surface area contributed by atoms with Gasteiger partial charge in [0.2, 0.25) is 0 Å². The smallest absolute Gasteiger partial charge is 0.158 e. The first kappa shape index (κ1) is 23.7. The van der Waals surface area contributed by atoms with Gasteiger partial charge in [0, 0.05) is 24.7 Å². The van der Waals surface area contributed by atoms with E-state index in [0.29, 0.717) is 12.8 Å². The van der Waals surface area contributed by atoms with E-state index >= 15 is 0 Å². The predicted molar refractivity (Wildman–Crippen MR) is 106 cm³/mol. The number of unbranched alkanes of at least 4 members (excludes halogenated alkanes) is 3. The molecule has 0 bridgehead atoms. The lowest BCUT2D eigenvalue weighted by Gasteiger charge is -2.22. The van der Waals surface area contributed by atoms with Crippen LogP contribution >= 0.6 is 0 Å². The highest BCUT2D eigenvalue weighted by molar-refractivity contribution is 5.86. The monoisotopic (exact) mass is 380 g/mol. The van der Waals surface area contributed by atoms with E-state index in [9.17, 15) is 19.8 Å². The van der Waals surface area contributed by atoms with Crippen LogP contribution < -0.4 is 0 Å². The third-order valence-corrected chi connectivity index (χ3v) is 5.22. The fraction of sp³-hybridized carbons (Fsp3) is 0.727. The molecule has 27 heavy (non-hydrogen) atoms. The number of allylic oxidation sites excluding steroid dienone is 2. The average molecular weight is 381 g/mol. The number of hydrogen-bond donors (Lipinski definition) is 3. The molecular formula is C22H36O5. The highest BCUT2D eigenvalue weighted by Crippen LogP contribution is 2.32. The van der Waals surface area contributed by atoms with E-state index in [1.54, 1.807) is 0 Å². The summed E-state index contributed by atoms with van der Waals surface area (Å²) in [4.78, 5) is 23.2. The molecule has 0 amide bonds. The molecule has 1 rings (SSSR count). The molecule has 1 aliphatic carbocycles. The van der Waals surface area contributed by atoms with E-state index in [4.69, 9.17) is 5.11 Å². The van der Waals surface area contributed by atoms with Crippen molar-refractivity contribution >= 4 is 11.6 Å². The zero-order valence-corrected chi connectivity index (χ0v) is 16.8. The van der Waals surface area contributed by atoms with Crippen LogP contribution in [0.25, 0.3) is 0 Å². The Balaban J connectivity index is 2.51. The summed E-state index contributed by atoms with van der Waals surface area (Å²) in [6, 6.07) is 0. The third kappa shape index (κ3) is 8.96. The maximum atomic E-state index is 12.2. The molecule has 1 saturated carbocycles. The molecule has 2 unspecified atom stereocenters. The average Bonchev–Trinajstić information content (AvgIpc) is 2.89.